The second kappa shape index (κ2) is 7.40. The van der Waals surface area contributed by atoms with Gasteiger partial charge in [0.25, 0.3) is 0 Å². The molecule has 0 atom stereocenters. The van der Waals surface area contributed by atoms with E-state index in [0.29, 0.717) is 10.6 Å². The van der Waals surface area contributed by atoms with E-state index >= 15 is 0 Å². The van der Waals surface area contributed by atoms with Crippen molar-refractivity contribution >= 4 is 27.8 Å². The molecular weight excluding hydrogens is 324 g/mol. The SMILES string of the molecule is CON=CCNS(=O)(=O)c1ccc(Cl)cc1-c1ccccc1. The van der Waals surface area contributed by atoms with E-state index in [9.17, 15) is 8.42 Å². The van der Waals surface area contributed by atoms with Crippen molar-refractivity contribution in [2.24, 2.45) is 5.16 Å². The highest BCUT2D eigenvalue weighted by molar-refractivity contribution is 7.89. The fourth-order valence-electron chi connectivity index (χ4n) is 1.92. The topological polar surface area (TPSA) is 67.8 Å². The second-order valence-corrected chi connectivity index (χ2v) is 6.50. The van der Waals surface area contributed by atoms with Crippen LogP contribution in [0.1, 0.15) is 0 Å². The zero-order valence-electron chi connectivity index (χ0n) is 11.9. The minimum atomic E-state index is -3.69. The summed E-state index contributed by atoms with van der Waals surface area (Å²) in [6.45, 7) is 0.0348. The molecule has 0 saturated heterocycles. The monoisotopic (exact) mass is 338 g/mol. The normalized spacial score (nSPS) is 11.7. The molecule has 0 aromatic heterocycles. The van der Waals surface area contributed by atoms with Gasteiger partial charge >= 0.3 is 0 Å². The lowest BCUT2D eigenvalue weighted by molar-refractivity contribution is 0.215. The Morgan fingerprint density at radius 2 is 1.95 bits per heavy atom. The Kier molecular flexibility index (Phi) is 5.54. The Hall–Kier alpha value is -1.89. The van der Waals surface area contributed by atoms with Gasteiger partial charge in [0.1, 0.15) is 7.11 Å². The smallest absolute Gasteiger partial charge is 0.241 e. The minimum Gasteiger partial charge on any atom is -0.399 e. The molecule has 0 radical (unpaired) electrons. The molecule has 0 aliphatic rings. The van der Waals surface area contributed by atoms with Crippen LogP contribution in [0.2, 0.25) is 5.02 Å². The Bertz CT molecular complexity index is 762. The summed E-state index contributed by atoms with van der Waals surface area (Å²) in [7, 11) is -2.31. The van der Waals surface area contributed by atoms with E-state index in [1.165, 1.54) is 19.4 Å². The van der Waals surface area contributed by atoms with Gasteiger partial charge in [0.2, 0.25) is 10.0 Å². The minimum absolute atomic E-state index is 0.0348. The number of halogens is 1. The maximum atomic E-state index is 12.4. The third kappa shape index (κ3) is 4.07. The summed E-state index contributed by atoms with van der Waals surface area (Å²) in [4.78, 5) is 4.65. The summed E-state index contributed by atoms with van der Waals surface area (Å²) in [5, 5.41) is 3.96. The molecular formula is C15H15ClN2O3S. The number of nitrogens with zero attached hydrogens (tertiary/aromatic N) is 1. The molecule has 0 bridgehead atoms. The van der Waals surface area contributed by atoms with Crippen molar-refractivity contribution in [2.75, 3.05) is 13.7 Å². The Morgan fingerprint density at radius 3 is 2.64 bits per heavy atom. The first-order valence-corrected chi connectivity index (χ1v) is 8.30. The number of nitrogens with one attached hydrogen (secondary N) is 1. The first-order valence-electron chi connectivity index (χ1n) is 6.44. The summed E-state index contributed by atoms with van der Waals surface area (Å²) in [6.07, 6.45) is 1.33. The number of hydrogen-bond acceptors (Lipinski definition) is 4. The highest BCUT2D eigenvalue weighted by Crippen LogP contribution is 2.29. The largest absolute Gasteiger partial charge is 0.399 e. The third-order valence-electron chi connectivity index (χ3n) is 2.86. The average molecular weight is 339 g/mol. The van der Waals surface area contributed by atoms with Gasteiger partial charge in [0.15, 0.2) is 0 Å². The van der Waals surface area contributed by atoms with E-state index in [1.54, 1.807) is 12.1 Å². The molecule has 116 valence electrons. The fraction of sp³-hybridized carbons (Fsp3) is 0.133. The number of sulfonamides is 1. The lowest BCUT2D eigenvalue weighted by atomic mass is 10.1. The van der Waals surface area contributed by atoms with E-state index in [4.69, 9.17) is 11.6 Å². The average Bonchev–Trinajstić information content (AvgIpc) is 2.52. The van der Waals surface area contributed by atoms with Crippen LogP contribution in [0.5, 0.6) is 0 Å². The fourth-order valence-corrected chi connectivity index (χ4v) is 3.25. The van der Waals surface area contributed by atoms with Crippen LogP contribution in [0.3, 0.4) is 0 Å². The molecule has 0 saturated carbocycles. The molecule has 0 unspecified atom stereocenters. The highest BCUT2D eigenvalue weighted by Gasteiger charge is 2.19. The van der Waals surface area contributed by atoms with Crippen molar-refractivity contribution in [2.45, 2.75) is 4.90 Å². The zero-order chi connectivity index (χ0) is 16.0. The Labute approximate surface area is 134 Å². The van der Waals surface area contributed by atoms with E-state index in [1.807, 2.05) is 30.3 Å². The van der Waals surface area contributed by atoms with Crippen LogP contribution in [0.4, 0.5) is 0 Å². The van der Waals surface area contributed by atoms with E-state index in [2.05, 4.69) is 14.7 Å². The van der Waals surface area contributed by atoms with Gasteiger partial charge in [-0.2, -0.15) is 0 Å². The van der Waals surface area contributed by atoms with Crippen molar-refractivity contribution < 1.29 is 13.3 Å². The summed E-state index contributed by atoms with van der Waals surface area (Å²) in [5.41, 5.74) is 1.32. The summed E-state index contributed by atoms with van der Waals surface area (Å²) >= 11 is 6.01. The molecule has 2 aromatic rings. The van der Waals surface area contributed by atoms with Crippen LogP contribution in [-0.2, 0) is 14.9 Å². The Balaban J connectivity index is 2.41. The quantitative estimate of drug-likeness (QED) is 0.650. The molecule has 0 fully saturated rings. The van der Waals surface area contributed by atoms with Crippen molar-refractivity contribution in [3.8, 4) is 11.1 Å². The molecule has 1 N–H and O–H groups in total. The van der Waals surface area contributed by atoms with Gasteiger partial charge in [-0.25, -0.2) is 13.1 Å². The standard InChI is InChI=1S/C15H15ClN2O3S/c1-21-17-9-10-18-22(19,20)15-8-7-13(16)11-14(15)12-5-3-2-4-6-12/h2-9,11,18H,10H2,1H3. The Morgan fingerprint density at radius 1 is 1.23 bits per heavy atom. The zero-order valence-corrected chi connectivity index (χ0v) is 13.4. The lowest BCUT2D eigenvalue weighted by Gasteiger charge is -2.11. The second-order valence-electron chi connectivity index (χ2n) is 4.33. The van der Waals surface area contributed by atoms with Gasteiger partial charge in [0.05, 0.1) is 11.1 Å². The lowest BCUT2D eigenvalue weighted by Crippen LogP contribution is -2.26. The molecule has 7 heteroatoms. The van der Waals surface area contributed by atoms with Crippen molar-refractivity contribution in [1.29, 1.82) is 0 Å². The van der Waals surface area contributed by atoms with Crippen LogP contribution in [0, 0.1) is 0 Å². The maximum absolute atomic E-state index is 12.4. The molecule has 0 amide bonds. The molecule has 0 aliphatic heterocycles. The van der Waals surface area contributed by atoms with Gasteiger partial charge in [-0.05, 0) is 23.8 Å². The van der Waals surface area contributed by atoms with Crippen LogP contribution < -0.4 is 4.72 Å². The molecule has 5 nitrogen and oxygen atoms in total. The van der Waals surface area contributed by atoms with Crippen LogP contribution in [0.15, 0.2) is 58.6 Å². The molecule has 22 heavy (non-hydrogen) atoms. The number of benzene rings is 2. The van der Waals surface area contributed by atoms with E-state index in [0.717, 1.165) is 5.56 Å². The first-order chi connectivity index (χ1) is 10.5. The van der Waals surface area contributed by atoms with Crippen molar-refractivity contribution in [3.63, 3.8) is 0 Å². The maximum Gasteiger partial charge on any atom is 0.241 e. The molecule has 0 spiro atoms. The van der Waals surface area contributed by atoms with Crippen molar-refractivity contribution in [1.82, 2.24) is 4.72 Å². The van der Waals surface area contributed by atoms with Crippen LogP contribution >= 0.6 is 11.6 Å². The van der Waals surface area contributed by atoms with E-state index in [-0.39, 0.29) is 11.4 Å². The summed E-state index contributed by atoms with van der Waals surface area (Å²) in [5.74, 6) is 0. The van der Waals surface area contributed by atoms with E-state index < -0.39 is 10.0 Å². The number of hydrogen-bond donors (Lipinski definition) is 1. The van der Waals surface area contributed by atoms with Gasteiger partial charge < -0.3 is 4.84 Å². The van der Waals surface area contributed by atoms with Gasteiger partial charge in [-0.15, -0.1) is 0 Å². The third-order valence-corrected chi connectivity index (χ3v) is 4.58. The highest BCUT2D eigenvalue weighted by atomic mass is 35.5. The number of oxime groups is 1. The molecule has 2 aromatic carbocycles. The summed E-state index contributed by atoms with van der Waals surface area (Å²) < 4.78 is 27.3. The predicted octanol–water partition coefficient (Wildman–Crippen LogP) is 2.92. The van der Waals surface area contributed by atoms with Gasteiger partial charge in [-0.3, -0.25) is 0 Å². The first kappa shape index (κ1) is 16.5. The number of rotatable bonds is 6. The van der Waals surface area contributed by atoms with Crippen molar-refractivity contribution in [3.05, 3.63) is 53.6 Å². The molecule has 0 heterocycles. The summed E-state index contributed by atoms with van der Waals surface area (Å²) in [6, 6.07) is 13.9. The van der Waals surface area contributed by atoms with Crippen LogP contribution in [-0.4, -0.2) is 28.3 Å². The molecule has 0 aliphatic carbocycles. The van der Waals surface area contributed by atoms with Gasteiger partial charge in [-0.1, -0.05) is 47.1 Å². The van der Waals surface area contributed by atoms with Crippen LogP contribution in [0.25, 0.3) is 11.1 Å². The predicted molar refractivity (Wildman–Crippen MR) is 87.6 cm³/mol. The van der Waals surface area contributed by atoms with Gasteiger partial charge in [0, 0.05) is 17.1 Å². The molecule has 2 rings (SSSR count).